The van der Waals surface area contributed by atoms with Gasteiger partial charge in [0.1, 0.15) is 5.75 Å². The Labute approximate surface area is 160 Å². The summed E-state index contributed by atoms with van der Waals surface area (Å²) in [5, 5.41) is 10.3. The highest BCUT2D eigenvalue weighted by atomic mass is 16.5. The van der Waals surface area contributed by atoms with Gasteiger partial charge in [-0.2, -0.15) is 5.10 Å². The molecular weight excluding hydrogens is 340 g/mol. The molecule has 2 heterocycles. The minimum absolute atomic E-state index is 0.0682. The third-order valence-corrected chi connectivity index (χ3v) is 6.03. The molecule has 144 valence electrons. The molecule has 2 aromatic rings. The number of aromatic nitrogens is 2. The third kappa shape index (κ3) is 3.94. The number of carbonyl (C=O) groups excluding carboxylic acids is 1. The van der Waals surface area contributed by atoms with E-state index in [4.69, 9.17) is 4.74 Å². The number of carbonyl (C=O) groups is 1. The van der Waals surface area contributed by atoms with Gasteiger partial charge in [0, 0.05) is 43.4 Å². The topological polar surface area (TPSA) is 70.2 Å². The molecule has 1 aliphatic heterocycles. The molecule has 0 saturated carbocycles. The van der Waals surface area contributed by atoms with Crippen molar-refractivity contribution in [3.8, 4) is 5.75 Å². The Hall–Kier alpha value is -2.50. The van der Waals surface area contributed by atoms with E-state index in [2.05, 4.69) is 27.6 Å². The van der Waals surface area contributed by atoms with Crippen molar-refractivity contribution in [3.05, 3.63) is 47.3 Å². The van der Waals surface area contributed by atoms with Crippen LogP contribution >= 0.6 is 0 Å². The number of piperidine rings is 1. The maximum absolute atomic E-state index is 12.6. The van der Waals surface area contributed by atoms with Gasteiger partial charge in [0.2, 0.25) is 0 Å². The summed E-state index contributed by atoms with van der Waals surface area (Å²) in [5.41, 5.74) is 3.91. The van der Waals surface area contributed by atoms with E-state index in [1.54, 1.807) is 13.3 Å². The zero-order chi connectivity index (χ0) is 18.6. The molecule has 1 unspecified atom stereocenters. The maximum Gasteiger partial charge on any atom is 0.317 e. The second-order valence-electron chi connectivity index (χ2n) is 7.61. The number of aromatic amines is 1. The molecule has 2 amide bonds. The van der Waals surface area contributed by atoms with Crippen molar-refractivity contribution >= 4 is 6.03 Å². The number of rotatable bonds is 4. The number of nitrogens with one attached hydrogen (secondary N) is 2. The Kier molecular flexibility index (Phi) is 5.32. The van der Waals surface area contributed by atoms with Gasteiger partial charge in [-0.15, -0.1) is 0 Å². The Bertz CT molecular complexity index is 766. The summed E-state index contributed by atoms with van der Waals surface area (Å²) in [6, 6.07) is 8.44. The smallest absolute Gasteiger partial charge is 0.317 e. The predicted octanol–water partition coefficient (Wildman–Crippen LogP) is 3.43. The molecule has 4 rings (SSSR count). The number of hydrogen-bond acceptors (Lipinski definition) is 3. The van der Waals surface area contributed by atoms with Crippen molar-refractivity contribution < 1.29 is 9.53 Å². The summed E-state index contributed by atoms with van der Waals surface area (Å²) in [6.45, 7) is 2.31. The first kappa shape index (κ1) is 17.9. The number of H-pyrrole nitrogens is 1. The quantitative estimate of drug-likeness (QED) is 0.869. The highest BCUT2D eigenvalue weighted by Crippen LogP contribution is 2.33. The molecule has 0 bridgehead atoms. The summed E-state index contributed by atoms with van der Waals surface area (Å²) in [4.78, 5) is 14.6. The number of nitrogens with zero attached hydrogens (tertiary/aromatic N) is 2. The highest BCUT2D eigenvalue weighted by Gasteiger charge is 2.26. The normalized spacial score (nSPS) is 20.2. The third-order valence-electron chi connectivity index (χ3n) is 6.03. The number of fused-ring (bicyclic) bond motifs is 1. The van der Waals surface area contributed by atoms with Gasteiger partial charge in [-0.3, -0.25) is 5.10 Å². The summed E-state index contributed by atoms with van der Waals surface area (Å²) in [6.07, 6.45) is 7.16. The first-order valence-corrected chi connectivity index (χ1v) is 9.93. The van der Waals surface area contributed by atoms with E-state index < -0.39 is 0 Å². The van der Waals surface area contributed by atoms with Crippen LogP contribution in [-0.2, 0) is 6.42 Å². The number of benzene rings is 1. The van der Waals surface area contributed by atoms with E-state index >= 15 is 0 Å². The molecule has 6 nitrogen and oxygen atoms in total. The summed E-state index contributed by atoms with van der Waals surface area (Å²) >= 11 is 0. The molecule has 1 aromatic carbocycles. The standard InChI is InChI=1S/C21H28N4O2/c1-27-18-5-6-19-16(13-18)3-2-4-17(19)14-22-21(26)25-11-8-15(9-12-25)20-7-10-23-24-20/h5-7,10,13,15,17H,2-4,8-9,11-12,14H2,1H3,(H,22,26)(H,23,24). The molecule has 2 N–H and O–H groups in total. The lowest BCUT2D eigenvalue weighted by atomic mass is 9.82. The Morgan fingerprint density at radius 2 is 2.15 bits per heavy atom. The number of urea groups is 1. The lowest BCUT2D eigenvalue weighted by Crippen LogP contribution is -2.45. The van der Waals surface area contributed by atoms with Crippen molar-refractivity contribution in [2.24, 2.45) is 0 Å². The average Bonchev–Trinajstić information content (AvgIpc) is 3.26. The van der Waals surface area contributed by atoms with E-state index in [0.29, 0.717) is 18.4 Å². The van der Waals surface area contributed by atoms with Crippen molar-refractivity contribution in [1.82, 2.24) is 20.4 Å². The van der Waals surface area contributed by atoms with E-state index in [0.717, 1.165) is 50.9 Å². The molecule has 6 heteroatoms. The van der Waals surface area contributed by atoms with Crippen molar-refractivity contribution in [2.45, 2.75) is 43.9 Å². The van der Waals surface area contributed by atoms with Crippen LogP contribution in [0.5, 0.6) is 5.75 Å². The van der Waals surface area contributed by atoms with E-state index in [9.17, 15) is 4.79 Å². The molecule has 0 radical (unpaired) electrons. The first-order valence-electron chi connectivity index (χ1n) is 9.93. The molecule has 1 aromatic heterocycles. The van der Waals surface area contributed by atoms with Crippen LogP contribution in [0.2, 0.25) is 0 Å². The number of methoxy groups -OCH3 is 1. The largest absolute Gasteiger partial charge is 0.497 e. The minimum atomic E-state index is 0.0682. The first-order chi connectivity index (χ1) is 13.2. The molecule has 1 aliphatic carbocycles. The van der Waals surface area contributed by atoms with Crippen LogP contribution in [0.4, 0.5) is 4.79 Å². The van der Waals surface area contributed by atoms with E-state index in [1.165, 1.54) is 16.8 Å². The summed E-state index contributed by atoms with van der Waals surface area (Å²) in [5.74, 6) is 1.79. The van der Waals surface area contributed by atoms with Crippen LogP contribution in [-0.4, -0.2) is 47.9 Å². The maximum atomic E-state index is 12.6. The fourth-order valence-corrected chi connectivity index (χ4v) is 4.44. The van der Waals surface area contributed by atoms with Gasteiger partial charge >= 0.3 is 6.03 Å². The van der Waals surface area contributed by atoms with Crippen LogP contribution in [0.1, 0.15) is 54.3 Å². The minimum Gasteiger partial charge on any atom is -0.497 e. The van der Waals surface area contributed by atoms with Crippen LogP contribution in [0.25, 0.3) is 0 Å². The number of ether oxygens (including phenoxy) is 1. The van der Waals surface area contributed by atoms with Gasteiger partial charge in [-0.05, 0) is 61.4 Å². The van der Waals surface area contributed by atoms with Gasteiger partial charge in [-0.25, -0.2) is 4.79 Å². The predicted molar refractivity (Wildman–Crippen MR) is 104 cm³/mol. The summed E-state index contributed by atoms with van der Waals surface area (Å²) in [7, 11) is 1.71. The van der Waals surface area contributed by atoms with Gasteiger partial charge in [-0.1, -0.05) is 6.07 Å². The van der Waals surface area contributed by atoms with Crippen LogP contribution in [0.3, 0.4) is 0 Å². The second kappa shape index (κ2) is 8.03. The Morgan fingerprint density at radius 1 is 1.30 bits per heavy atom. The molecule has 1 atom stereocenters. The SMILES string of the molecule is COc1ccc2c(c1)CCCC2CNC(=O)N1CCC(c2ccn[nH]2)CC1. The molecule has 1 fully saturated rings. The van der Waals surface area contributed by atoms with Crippen LogP contribution < -0.4 is 10.1 Å². The van der Waals surface area contributed by atoms with Gasteiger partial charge < -0.3 is 15.0 Å². The Balaban J connectivity index is 1.30. The van der Waals surface area contributed by atoms with Gasteiger partial charge in [0.25, 0.3) is 0 Å². The average molecular weight is 368 g/mol. The lowest BCUT2D eigenvalue weighted by molar-refractivity contribution is 0.180. The summed E-state index contributed by atoms with van der Waals surface area (Å²) < 4.78 is 5.35. The van der Waals surface area contributed by atoms with Crippen molar-refractivity contribution in [2.75, 3.05) is 26.7 Å². The zero-order valence-corrected chi connectivity index (χ0v) is 15.9. The molecule has 27 heavy (non-hydrogen) atoms. The van der Waals surface area contributed by atoms with Crippen LogP contribution in [0, 0.1) is 0 Å². The lowest BCUT2D eigenvalue weighted by Gasteiger charge is -2.32. The fourth-order valence-electron chi connectivity index (χ4n) is 4.44. The van der Waals surface area contributed by atoms with E-state index in [-0.39, 0.29) is 6.03 Å². The number of aryl methyl sites for hydroxylation is 1. The van der Waals surface area contributed by atoms with Gasteiger partial charge in [0.05, 0.1) is 7.11 Å². The monoisotopic (exact) mass is 368 g/mol. The van der Waals surface area contributed by atoms with Crippen molar-refractivity contribution in [3.63, 3.8) is 0 Å². The van der Waals surface area contributed by atoms with E-state index in [1.807, 2.05) is 17.0 Å². The number of likely N-dealkylation sites (tertiary alicyclic amines) is 1. The fraction of sp³-hybridized carbons (Fsp3) is 0.524. The van der Waals surface area contributed by atoms with Gasteiger partial charge in [0.15, 0.2) is 0 Å². The molecular formula is C21H28N4O2. The second-order valence-corrected chi connectivity index (χ2v) is 7.61. The number of amides is 2. The molecule has 0 spiro atoms. The molecule has 1 saturated heterocycles. The van der Waals surface area contributed by atoms with Crippen molar-refractivity contribution in [1.29, 1.82) is 0 Å². The molecule has 2 aliphatic rings. The Morgan fingerprint density at radius 3 is 2.89 bits per heavy atom. The van der Waals surface area contributed by atoms with Crippen LogP contribution in [0.15, 0.2) is 30.5 Å². The zero-order valence-electron chi connectivity index (χ0n) is 15.9. The highest BCUT2D eigenvalue weighted by molar-refractivity contribution is 5.74. The number of hydrogen-bond donors (Lipinski definition) is 2.